The predicted molar refractivity (Wildman–Crippen MR) is 50.2 cm³/mol. The number of Topliss-reactive ketones (excluding diaryl/α,β-unsaturated/α-hetero) is 1. The van der Waals surface area contributed by atoms with Crippen LogP contribution in [0.15, 0.2) is 18.2 Å². The third-order valence-corrected chi connectivity index (χ3v) is 2.53. The van der Waals surface area contributed by atoms with E-state index in [0.717, 1.165) is 0 Å². The molecule has 74 valence electrons. The summed E-state index contributed by atoms with van der Waals surface area (Å²) in [5, 5.41) is 21.7. The molecule has 2 atom stereocenters. The van der Waals surface area contributed by atoms with Crippen LogP contribution in [0.5, 0.6) is 5.75 Å². The summed E-state index contributed by atoms with van der Waals surface area (Å²) in [7, 11) is 1.62. The first-order valence-corrected chi connectivity index (χ1v) is 4.37. The van der Waals surface area contributed by atoms with E-state index in [4.69, 9.17) is 0 Å². The highest BCUT2D eigenvalue weighted by Crippen LogP contribution is 2.33. The molecule has 0 aliphatic heterocycles. The molecular formula is C10H11NO3. The van der Waals surface area contributed by atoms with Crippen molar-refractivity contribution in [3.63, 3.8) is 0 Å². The predicted octanol–water partition coefficient (Wildman–Crippen LogP) is 0.210. The molecule has 2 rings (SSSR count). The summed E-state index contributed by atoms with van der Waals surface area (Å²) in [4.78, 5) is 11.6. The molecule has 2 unspecified atom stereocenters. The van der Waals surface area contributed by atoms with Crippen LogP contribution in [-0.2, 0) is 0 Å². The molecule has 1 aliphatic carbocycles. The van der Waals surface area contributed by atoms with Gasteiger partial charge in [-0.15, -0.1) is 0 Å². The van der Waals surface area contributed by atoms with E-state index >= 15 is 0 Å². The van der Waals surface area contributed by atoms with Crippen LogP contribution in [0.4, 0.5) is 0 Å². The summed E-state index contributed by atoms with van der Waals surface area (Å²) in [6.45, 7) is 0. The van der Waals surface area contributed by atoms with Gasteiger partial charge in [-0.05, 0) is 30.8 Å². The molecule has 1 aliphatic rings. The zero-order chi connectivity index (χ0) is 10.3. The van der Waals surface area contributed by atoms with Crippen LogP contribution < -0.4 is 5.32 Å². The van der Waals surface area contributed by atoms with Gasteiger partial charge in [0, 0.05) is 5.56 Å². The number of fused-ring (bicyclic) bond motifs is 1. The Balaban J connectivity index is 2.52. The maximum Gasteiger partial charge on any atom is 0.183 e. The van der Waals surface area contributed by atoms with Crippen LogP contribution in [0.25, 0.3) is 0 Å². The number of carbonyl (C=O) groups excluding carboxylic acids is 1. The molecule has 0 saturated carbocycles. The molecule has 0 fully saturated rings. The van der Waals surface area contributed by atoms with Gasteiger partial charge in [-0.1, -0.05) is 0 Å². The quantitative estimate of drug-likeness (QED) is 0.596. The highest BCUT2D eigenvalue weighted by molar-refractivity contribution is 6.05. The van der Waals surface area contributed by atoms with E-state index in [1.165, 1.54) is 18.2 Å². The molecule has 14 heavy (non-hydrogen) atoms. The lowest BCUT2D eigenvalue weighted by Gasteiger charge is -2.11. The Morgan fingerprint density at radius 3 is 2.79 bits per heavy atom. The normalized spacial score (nSPS) is 25.1. The SMILES string of the molecule is CNC1C(=O)c2ccc(O)cc2C1O. The molecule has 0 aromatic heterocycles. The van der Waals surface area contributed by atoms with Crippen molar-refractivity contribution in [3.8, 4) is 5.75 Å². The van der Waals surface area contributed by atoms with Gasteiger partial charge < -0.3 is 15.5 Å². The molecule has 0 heterocycles. The molecule has 0 saturated heterocycles. The zero-order valence-corrected chi connectivity index (χ0v) is 7.69. The standard InChI is InChI=1S/C10H11NO3/c1-11-8-9(13)6-3-2-5(12)4-7(6)10(8)14/h2-4,8,10-12,14H,1H3. The Bertz CT molecular complexity index is 389. The number of aliphatic hydroxyl groups excluding tert-OH is 1. The lowest BCUT2D eigenvalue weighted by atomic mass is 10.1. The minimum absolute atomic E-state index is 0.0624. The second kappa shape index (κ2) is 3.08. The molecular weight excluding hydrogens is 182 g/mol. The van der Waals surface area contributed by atoms with Crippen LogP contribution in [0.2, 0.25) is 0 Å². The van der Waals surface area contributed by atoms with E-state index in [1.54, 1.807) is 7.05 Å². The third kappa shape index (κ3) is 1.12. The maximum absolute atomic E-state index is 11.6. The second-order valence-electron chi connectivity index (χ2n) is 3.35. The molecule has 1 aromatic rings. The van der Waals surface area contributed by atoms with Crippen molar-refractivity contribution < 1.29 is 15.0 Å². The highest BCUT2D eigenvalue weighted by Gasteiger charge is 2.37. The number of benzene rings is 1. The number of ketones is 1. The van der Waals surface area contributed by atoms with E-state index in [9.17, 15) is 15.0 Å². The van der Waals surface area contributed by atoms with Gasteiger partial charge in [-0.25, -0.2) is 0 Å². The summed E-state index contributed by atoms with van der Waals surface area (Å²) < 4.78 is 0. The van der Waals surface area contributed by atoms with Gasteiger partial charge in [0.1, 0.15) is 17.9 Å². The zero-order valence-electron chi connectivity index (χ0n) is 7.69. The van der Waals surface area contributed by atoms with Crippen LogP contribution in [0, 0.1) is 0 Å². The molecule has 1 aromatic carbocycles. The molecule has 0 amide bonds. The monoisotopic (exact) mass is 193 g/mol. The molecule has 4 nitrogen and oxygen atoms in total. The average Bonchev–Trinajstić information content (AvgIpc) is 2.39. The molecule has 4 heteroatoms. The van der Waals surface area contributed by atoms with Crippen LogP contribution >= 0.6 is 0 Å². The minimum atomic E-state index is -0.866. The molecule has 0 bridgehead atoms. The van der Waals surface area contributed by atoms with Gasteiger partial charge >= 0.3 is 0 Å². The van der Waals surface area contributed by atoms with Crippen molar-refractivity contribution in [2.45, 2.75) is 12.1 Å². The summed E-state index contributed by atoms with van der Waals surface area (Å²) in [6, 6.07) is 3.82. The van der Waals surface area contributed by atoms with Crippen LogP contribution in [0.1, 0.15) is 22.0 Å². The summed E-state index contributed by atoms with van der Waals surface area (Å²) in [6.07, 6.45) is -0.866. The number of hydrogen-bond donors (Lipinski definition) is 3. The van der Waals surface area contributed by atoms with Gasteiger partial charge in [0.05, 0.1) is 0 Å². The first-order valence-electron chi connectivity index (χ1n) is 4.37. The first-order chi connectivity index (χ1) is 6.65. The van der Waals surface area contributed by atoms with Crippen molar-refractivity contribution >= 4 is 5.78 Å². The maximum atomic E-state index is 11.6. The number of hydrogen-bond acceptors (Lipinski definition) is 4. The fraction of sp³-hybridized carbons (Fsp3) is 0.300. The Hall–Kier alpha value is -1.39. The summed E-state index contributed by atoms with van der Waals surface area (Å²) in [5.74, 6) is -0.0673. The highest BCUT2D eigenvalue weighted by atomic mass is 16.3. The number of aromatic hydroxyl groups is 1. The number of aliphatic hydroxyl groups is 1. The number of likely N-dealkylation sites (N-methyl/N-ethyl adjacent to an activating group) is 1. The molecule has 0 spiro atoms. The lowest BCUT2D eigenvalue weighted by Crippen LogP contribution is -2.34. The number of phenols is 1. The van der Waals surface area contributed by atoms with Gasteiger partial charge in [0.2, 0.25) is 0 Å². The number of rotatable bonds is 1. The van der Waals surface area contributed by atoms with Gasteiger partial charge in [-0.3, -0.25) is 4.79 Å². The Kier molecular flexibility index (Phi) is 2.02. The summed E-state index contributed by atoms with van der Waals surface area (Å²) >= 11 is 0. The summed E-state index contributed by atoms with van der Waals surface area (Å²) in [5.41, 5.74) is 0.976. The fourth-order valence-corrected chi connectivity index (χ4v) is 1.80. The van der Waals surface area contributed by atoms with E-state index < -0.39 is 12.1 Å². The van der Waals surface area contributed by atoms with Crippen LogP contribution in [-0.4, -0.2) is 29.1 Å². The Morgan fingerprint density at radius 1 is 1.43 bits per heavy atom. The van der Waals surface area contributed by atoms with Crippen molar-refractivity contribution in [2.24, 2.45) is 0 Å². The topological polar surface area (TPSA) is 69.6 Å². The molecule has 3 N–H and O–H groups in total. The van der Waals surface area contributed by atoms with E-state index in [1.807, 2.05) is 0 Å². The average molecular weight is 193 g/mol. The van der Waals surface area contributed by atoms with E-state index in [0.29, 0.717) is 11.1 Å². The van der Waals surface area contributed by atoms with Crippen molar-refractivity contribution in [1.82, 2.24) is 5.32 Å². The van der Waals surface area contributed by atoms with E-state index in [-0.39, 0.29) is 11.5 Å². The van der Waals surface area contributed by atoms with Crippen molar-refractivity contribution in [2.75, 3.05) is 7.05 Å². The number of phenolic OH excluding ortho intramolecular Hbond substituents is 1. The number of carbonyl (C=O) groups is 1. The van der Waals surface area contributed by atoms with Crippen molar-refractivity contribution in [3.05, 3.63) is 29.3 Å². The lowest BCUT2D eigenvalue weighted by molar-refractivity contribution is 0.0841. The minimum Gasteiger partial charge on any atom is -0.508 e. The Morgan fingerprint density at radius 2 is 2.14 bits per heavy atom. The Labute approximate surface area is 81.2 Å². The fourth-order valence-electron chi connectivity index (χ4n) is 1.80. The second-order valence-corrected chi connectivity index (χ2v) is 3.35. The van der Waals surface area contributed by atoms with Crippen LogP contribution in [0.3, 0.4) is 0 Å². The van der Waals surface area contributed by atoms with Gasteiger partial charge in [0.25, 0.3) is 0 Å². The first kappa shape index (κ1) is 9.18. The van der Waals surface area contributed by atoms with Gasteiger partial charge in [0.15, 0.2) is 5.78 Å². The smallest absolute Gasteiger partial charge is 0.183 e. The third-order valence-electron chi connectivity index (χ3n) is 2.53. The number of nitrogens with one attached hydrogen (secondary N) is 1. The largest absolute Gasteiger partial charge is 0.508 e. The molecule has 0 radical (unpaired) electrons. The van der Waals surface area contributed by atoms with Gasteiger partial charge in [-0.2, -0.15) is 0 Å². The van der Waals surface area contributed by atoms with Crippen molar-refractivity contribution in [1.29, 1.82) is 0 Å². The van der Waals surface area contributed by atoms with E-state index in [2.05, 4.69) is 5.32 Å².